The lowest BCUT2D eigenvalue weighted by Crippen LogP contribution is -2.47. The summed E-state index contributed by atoms with van der Waals surface area (Å²) in [5.41, 5.74) is 8.11. The average molecular weight is 452 g/mol. The first-order chi connectivity index (χ1) is 15.9. The third kappa shape index (κ3) is 3.70. The van der Waals surface area contributed by atoms with Gasteiger partial charge < -0.3 is 30.0 Å². The molecule has 0 radical (unpaired) electrons. The zero-order valence-corrected chi connectivity index (χ0v) is 18.0. The lowest BCUT2D eigenvalue weighted by molar-refractivity contribution is -0.0765. The number of nitrogens with one attached hydrogen (secondary N) is 1. The quantitative estimate of drug-likeness (QED) is 0.318. The van der Waals surface area contributed by atoms with Crippen LogP contribution >= 0.6 is 0 Å². The number of rotatable bonds is 6. The number of pyridine rings is 1. The fraction of sp³-hybridized carbons (Fsp3) is 0.318. The zero-order chi connectivity index (χ0) is 23.2. The molecule has 1 aliphatic rings. The number of fused-ring (bicyclic) bond motifs is 2. The topological polar surface area (TPSA) is 150 Å². The molecule has 3 aromatic heterocycles. The molecule has 1 aliphatic heterocycles. The van der Waals surface area contributed by atoms with Gasteiger partial charge in [-0.3, -0.25) is 4.84 Å². The zero-order valence-electron chi connectivity index (χ0n) is 18.0. The third-order valence-corrected chi connectivity index (χ3v) is 5.89. The van der Waals surface area contributed by atoms with Crippen LogP contribution < -0.4 is 16.0 Å². The predicted octanol–water partition coefficient (Wildman–Crippen LogP) is 1.62. The summed E-state index contributed by atoms with van der Waals surface area (Å²) in [7, 11) is 1.48. The molecule has 11 heteroatoms. The molecule has 0 amide bonds. The average Bonchev–Trinajstić information content (AvgIpc) is 3.32. The van der Waals surface area contributed by atoms with E-state index in [1.165, 1.54) is 20.4 Å². The van der Waals surface area contributed by atoms with Crippen molar-refractivity contribution in [2.45, 2.75) is 31.0 Å². The summed E-state index contributed by atoms with van der Waals surface area (Å²) in [6.45, 7) is 1.53. The smallest absolute Gasteiger partial charge is 0.164 e. The predicted molar refractivity (Wildman–Crippen MR) is 120 cm³/mol. The van der Waals surface area contributed by atoms with Crippen LogP contribution in [0.3, 0.4) is 0 Å². The van der Waals surface area contributed by atoms with E-state index in [1.807, 2.05) is 12.1 Å². The molecular formula is C22H24N6O5. The minimum atomic E-state index is -1.57. The summed E-state index contributed by atoms with van der Waals surface area (Å²) in [5.74, 6) is 1.44. The first-order valence-corrected chi connectivity index (χ1v) is 10.3. The van der Waals surface area contributed by atoms with Crippen molar-refractivity contribution in [2.75, 3.05) is 24.9 Å². The van der Waals surface area contributed by atoms with Crippen molar-refractivity contribution in [1.82, 2.24) is 19.5 Å². The second-order valence-corrected chi connectivity index (χ2v) is 8.08. The molecule has 1 fully saturated rings. The van der Waals surface area contributed by atoms with E-state index in [9.17, 15) is 10.2 Å². The second kappa shape index (κ2) is 8.12. The second-order valence-electron chi connectivity index (χ2n) is 8.08. The number of aliphatic hydroxyl groups is 2. The Morgan fingerprint density at radius 3 is 2.88 bits per heavy atom. The number of ether oxygens (including phenoxy) is 2. The van der Waals surface area contributed by atoms with Gasteiger partial charge in [-0.15, -0.1) is 0 Å². The van der Waals surface area contributed by atoms with Crippen LogP contribution in [0.4, 0.5) is 11.6 Å². The highest BCUT2D eigenvalue weighted by Gasteiger charge is 2.53. The van der Waals surface area contributed by atoms with Crippen molar-refractivity contribution in [3.63, 3.8) is 0 Å². The normalized spacial score (nSPS) is 25.0. The van der Waals surface area contributed by atoms with Crippen molar-refractivity contribution in [1.29, 1.82) is 0 Å². The van der Waals surface area contributed by atoms with Gasteiger partial charge in [0.1, 0.15) is 48.0 Å². The molecule has 0 bridgehead atoms. The number of nitrogens with zero attached hydrogens (tertiary/aromatic N) is 4. The molecule has 0 spiro atoms. The van der Waals surface area contributed by atoms with Gasteiger partial charge in [0.15, 0.2) is 12.0 Å². The molecule has 0 aliphatic carbocycles. The molecule has 5 rings (SSSR count). The summed E-state index contributed by atoms with van der Waals surface area (Å²) in [6, 6.07) is 10.8. The summed E-state index contributed by atoms with van der Waals surface area (Å²) >= 11 is 0. The van der Waals surface area contributed by atoms with E-state index in [2.05, 4.69) is 20.4 Å². The Bertz CT molecular complexity index is 1310. The number of aromatic nitrogens is 4. The van der Waals surface area contributed by atoms with Gasteiger partial charge in [0.25, 0.3) is 0 Å². The summed E-state index contributed by atoms with van der Waals surface area (Å²) < 4.78 is 13.6. The Labute approximate surface area is 188 Å². The van der Waals surface area contributed by atoms with Crippen LogP contribution in [0.1, 0.15) is 13.2 Å². The van der Waals surface area contributed by atoms with E-state index >= 15 is 0 Å². The van der Waals surface area contributed by atoms with E-state index in [-0.39, 0.29) is 6.61 Å². The van der Waals surface area contributed by atoms with Crippen LogP contribution in [0.2, 0.25) is 0 Å². The van der Waals surface area contributed by atoms with E-state index in [0.29, 0.717) is 33.9 Å². The maximum atomic E-state index is 11.0. The largest absolute Gasteiger partial charge is 0.491 e. The van der Waals surface area contributed by atoms with Crippen molar-refractivity contribution in [3.8, 4) is 5.75 Å². The summed E-state index contributed by atoms with van der Waals surface area (Å²) in [6.07, 6.45) is 0.175. The SMILES string of the molecule is CONc1ncnc2c1ccn2[C@@H]1O[C@H](COc2ccc3ccc(N)nc3c2)[C@@](C)(O)[C@H]1O. The van der Waals surface area contributed by atoms with Crippen LogP contribution in [-0.2, 0) is 9.57 Å². The molecule has 4 aromatic rings. The number of anilines is 2. The molecule has 0 saturated carbocycles. The van der Waals surface area contributed by atoms with Gasteiger partial charge in [-0.2, -0.15) is 0 Å². The van der Waals surface area contributed by atoms with Crippen LogP contribution in [0.15, 0.2) is 48.9 Å². The molecule has 1 saturated heterocycles. The highest BCUT2D eigenvalue weighted by Crippen LogP contribution is 2.39. The van der Waals surface area contributed by atoms with Crippen molar-refractivity contribution in [2.24, 2.45) is 0 Å². The monoisotopic (exact) mass is 452 g/mol. The fourth-order valence-corrected chi connectivity index (χ4v) is 4.01. The number of hydrogen-bond donors (Lipinski definition) is 4. The molecule has 172 valence electrons. The molecule has 4 atom stereocenters. The van der Waals surface area contributed by atoms with Crippen LogP contribution in [0.5, 0.6) is 5.75 Å². The first kappa shape index (κ1) is 21.3. The summed E-state index contributed by atoms with van der Waals surface area (Å²) in [5, 5.41) is 23.5. The number of aliphatic hydroxyl groups excluding tert-OH is 1. The standard InChI is InChI=1S/C22H24N6O5/c1-22(30)16(10-32-13-5-3-12-4-6-17(23)26-15(12)9-13)33-21(18(22)29)28-8-7-14-19(27-31-2)24-11-25-20(14)28/h3-9,11,16,18,21,29-30H,10H2,1-2H3,(H2,23,26)(H,24,25,27)/t16-,18+,21-,22-/m1/s1. The molecule has 5 N–H and O–H groups in total. The highest BCUT2D eigenvalue weighted by molar-refractivity contribution is 5.87. The van der Waals surface area contributed by atoms with Gasteiger partial charge in [0, 0.05) is 17.6 Å². The molecule has 4 heterocycles. The molecular weight excluding hydrogens is 428 g/mol. The van der Waals surface area contributed by atoms with Crippen LogP contribution in [0, 0.1) is 0 Å². The lowest BCUT2D eigenvalue weighted by atomic mass is 9.95. The van der Waals surface area contributed by atoms with E-state index < -0.39 is 24.0 Å². The number of benzene rings is 1. The molecule has 0 unspecified atom stereocenters. The van der Waals surface area contributed by atoms with Crippen LogP contribution in [0.25, 0.3) is 21.9 Å². The van der Waals surface area contributed by atoms with Gasteiger partial charge in [-0.05, 0) is 37.3 Å². The minimum Gasteiger partial charge on any atom is -0.491 e. The Hall–Kier alpha value is -3.51. The van der Waals surface area contributed by atoms with Crippen LogP contribution in [-0.4, -0.2) is 61.3 Å². The van der Waals surface area contributed by atoms with Gasteiger partial charge in [0.05, 0.1) is 18.0 Å². The van der Waals surface area contributed by atoms with Gasteiger partial charge in [-0.25, -0.2) is 20.4 Å². The van der Waals surface area contributed by atoms with Crippen molar-refractivity contribution in [3.05, 3.63) is 48.9 Å². The summed E-state index contributed by atoms with van der Waals surface area (Å²) in [4.78, 5) is 17.7. The van der Waals surface area contributed by atoms with E-state index in [0.717, 1.165) is 5.39 Å². The van der Waals surface area contributed by atoms with Gasteiger partial charge in [0.2, 0.25) is 0 Å². The molecule has 33 heavy (non-hydrogen) atoms. The highest BCUT2D eigenvalue weighted by atomic mass is 16.6. The fourth-order valence-electron chi connectivity index (χ4n) is 4.01. The van der Waals surface area contributed by atoms with Gasteiger partial charge >= 0.3 is 0 Å². The Kier molecular flexibility index (Phi) is 5.25. The Morgan fingerprint density at radius 2 is 2.06 bits per heavy atom. The Morgan fingerprint density at radius 1 is 1.24 bits per heavy atom. The Balaban J connectivity index is 1.37. The van der Waals surface area contributed by atoms with E-state index in [4.69, 9.17) is 20.0 Å². The van der Waals surface area contributed by atoms with E-state index in [1.54, 1.807) is 35.0 Å². The van der Waals surface area contributed by atoms with Crippen molar-refractivity contribution < 1.29 is 24.5 Å². The van der Waals surface area contributed by atoms with Crippen molar-refractivity contribution >= 4 is 33.6 Å². The van der Waals surface area contributed by atoms with Gasteiger partial charge in [-0.1, -0.05) is 0 Å². The molecule has 11 nitrogen and oxygen atoms in total. The number of nitrogen functional groups attached to an aromatic ring is 1. The maximum Gasteiger partial charge on any atom is 0.164 e. The maximum absolute atomic E-state index is 11.0. The lowest BCUT2D eigenvalue weighted by Gasteiger charge is -2.26. The molecule has 1 aromatic carbocycles. The first-order valence-electron chi connectivity index (χ1n) is 10.3. The minimum absolute atomic E-state index is 0.0129. The number of hydrogen-bond acceptors (Lipinski definition) is 10. The number of nitrogens with two attached hydrogens (primary N) is 1. The third-order valence-electron chi connectivity index (χ3n) is 5.89.